The molecule has 9 nitrogen and oxygen atoms in total. The van der Waals surface area contributed by atoms with Gasteiger partial charge in [0.05, 0.1) is 32.9 Å². The van der Waals surface area contributed by atoms with Crippen LogP contribution in [0.2, 0.25) is 0 Å². The summed E-state index contributed by atoms with van der Waals surface area (Å²) in [7, 11) is 7.45. The van der Waals surface area contributed by atoms with Crippen molar-refractivity contribution < 1.29 is 23.8 Å². The van der Waals surface area contributed by atoms with Crippen LogP contribution in [0.3, 0.4) is 0 Å². The number of alkyl halides is 1. The SMILES string of the molecule is CCOC(=O)c1cc(OC)ccc1CBr.CN1CCCc2cc(N)ccc21.COc1ccc2c(c1)C(=O)N(c1ccc3c(c1)CCCN3C)C2. The Bertz CT molecular complexity index is 1830. The van der Waals surface area contributed by atoms with Crippen LogP contribution in [0, 0.1) is 0 Å². The van der Waals surface area contributed by atoms with Gasteiger partial charge in [-0.25, -0.2) is 4.79 Å². The lowest BCUT2D eigenvalue weighted by Gasteiger charge is -2.29. The summed E-state index contributed by atoms with van der Waals surface area (Å²) < 4.78 is 15.3. The Morgan fingerprint density at radius 1 is 0.800 bits per heavy atom. The molecule has 50 heavy (non-hydrogen) atoms. The molecular formula is C40H47BrN4O5. The van der Waals surface area contributed by atoms with Gasteiger partial charge in [0.2, 0.25) is 0 Å². The normalized spacial score (nSPS) is 14.3. The Labute approximate surface area is 304 Å². The molecule has 0 atom stereocenters. The van der Waals surface area contributed by atoms with Crippen molar-refractivity contribution in [2.45, 2.75) is 44.5 Å². The zero-order valence-corrected chi connectivity index (χ0v) is 31.2. The van der Waals surface area contributed by atoms with E-state index < -0.39 is 0 Å². The molecule has 264 valence electrons. The van der Waals surface area contributed by atoms with Crippen molar-refractivity contribution in [2.75, 3.05) is 68.4 Å². The number of carbonyl (C=O) groups excluding carboxylic acids is 2. The van der Waals surface area contributed by atoms with Gasteiger partial charge in [-0.2, -0.15) is 0 Å². The molecule has 4 aromatic carbocycles. The Hall–Kier alpha value is -4.70. The van der Waals surface area contributed by atoms with Gasteiger partial charge in [0.15, 0.2) is 0 Å². The van der Waals surface area contributed by atoms with Crippen LogP contribution >= 0.6 is 15.9 Å². The van der Waals surface area contributed by atoms with E-state index in [9.17, 15) is 9.59 Å². The van der Waals surface area contributed by atoms with E-state index in [1.807, 2.05) is 41.3 Å². The number of hydrogen-bond donors (Lipinski definition) is 1. The second-order valence-electron chi connectivity index (χ2n) is 12.5. The molecule has 0 spiro atoms. The molecule has 0 radical (unpaired) electrons. The second-order valence-corrected chi connectivity index (χ2v) is 13.1. The molecule has 2 N–H and O–H groups in total. The zero-order chi connectivity index (χ0) is 35.8. The minimum absolute atomic E-state index is 0.0583. The molecule has 3 aliphatic heterocycles. The first-order valence-electron chi connectivity index (χ1n) is 17.0. The van der Waals surface area contributed by atoms with Gasteiger partial charge in [0, 0.05) is 60.8 Å². The van der Waals surface area contributed by atoms with E-state index in [4.69, 9.17) is 19.9 Å². The van der Waals surface area contributed by atoms with E-state index in [0.717, 1.165) is 53.3 Å². The number of carbonyl (C=O) groups is 2. The summed E-state index contributed by atoms with van der Waals surface area (Å²) in [5, 5.41) is 0.616. The molecule has 10 heteroatoms. The first-order chi connectivity index (χ1) is 24.2. The van der Waals surface area contributed by atoms with Crippen LogP contribution in [0.4, 0.5) is 22.7 Å². The number of halogens is 1. The van der Waals surface area contributed by atoms with Crippen LogP contribution in [0.1, 0.15) is 62.7 Å². The van der Waals surface area contributed by atoms with Crippen molar-refractivity contribution in [3.63, 3.8) is 0 Å². The molecule has 7 rings (SSSR count). The van der Waals surface area contributed by atoms with E-state index in [2.05, 4.69) is 70.2 Å². The first-order valence-corrected chi connectivity index (χ1v) is 18.1. The number of esters is 1. The Balaban J connectivity index is 0.000000156. The fourth-order valence-electron chi connectivity index (χ4n) is 6.56. The largest absolute Gasteiger partial charge is 0.497 e. The Morgan fingerprint density at radius 2 is 1.42 bits per heavy atom. The molecule has 0 aliphatic carbocycles. The summed E-state index contributed by atoms with van der Waals surface area (Å²) in [6.45, 7) is 5.05. The number of rotatable bonds is 6. The van der Waals surface area contributed by atoms with E-state index >= 15 is 0 Å². The van der Waals surface area contributed by atoms with Crippen molar-refractivity contribution in [3.05, 3.63) is 106 Å². The zero-order valence-electron chi connectivity index (χ0n) is 29.6. The summed E-state index contributed by atoms with van der Waals surface area (Å²) in [5.41, 5.74) is 16.2. The minimum atomic E-state index is -0.314. The van der Waals surface area contributed by atoms with Crippen molar-refractivity contribution in [2.24, 2.45) is 0 Å². The summed E-state index contributed by atoms with van der Waals surface area (Å²) in [5.74, 6) is 1.13. The molecule has 0 unspecified atom stereocenters. The first kappa shape index (κ1) is 36.6. The Kier molecular flexibility index (Phi) is 12.3. The predicted octanol–water partition coefficient (Wildman–Crippen LogP) is 7.66. The number of ether oxygens (including phenoxy) is 3. The third-order valence-electron chi connectivity index (χ3n) is 9.26. The number of nitrogens with zero attached hydrogens (tertiary/aromatic N) is 3. The summed E-state index contributed by atoms with van der Waals surface area (Å²) in [6, 6.07) is 23.6. The van der Waals surface area contributed by atoms with E-state index in [1.165, 1.54) is 41.8 Å². The van der Waals surface area contributed by atoms with Crippen molar-refractivity contribution in [1.82, 2.24) is 0 Å². The Morgan fingerprint density at radius 3 is 2.06 bits per heavy atom. The fraction of sp³-hybridized carbons (Fsp3) is 0.350. The van der Waals surface area contributed by atoms with Crippen LogP contribution in [0.5, 0.6) is 11.5 Å². The molecule has 0 saturated carbocycles. The predicted molar refractivity (Wildman–Crippen MR) is 206 cm³/mol. The molecule has 0 aromatic heterocycles. The topological polar surface area (TPSA) is 97.6 Å². The highest BCUT2D eigenvalue weighted by Crippen LogP contribution is 2.35. The number of methoxy groups -OCH3 is 2. The third kappa shape index (κ3) is 8.35. The average Bonchev–Trinajstić information content (AvgIpc) is 3.47. The van der Waals surface area contributed by atoms with Crippen LogP contribution in [-0.4, -0.2) is 59.9 Å². The van der Waals surface area contributed by atoms with E-state index in [0.29, 0.717) is 29.8 Å². The van der Waals surface area contributed by atoms with E-state index in [1.54, 1.807) is 27.2 Å². The lowest BCUT2D eigenvalue weighted by Crippen LogP contribution is -2.26. The van der Waals surface area contributed by atoms with Crippen LogP contribution in [0.25, 0.3) is 0 Å². The fourth-order valence-corrected chi connectivity index (χ4v) is 7.05. The molecule has 0 fully saturated rings. The number of amides is 1. The van der Waals surface area contributed by atoms with Crippen molar-refractivity contribution in [1.29, 1.82) is 0 Å². The highest BCUT2D eigenvalue weighted by molar-refractivity contribution is 9.08. The smallest absolute Gasteiger partial charge is 0.338 e. The second kappa shape index (κ2) is 16.8. The lowest BCUT2D eigenvalue weighted by atomic mass is 10.0. The number of anilines is 4. The maximum Gasteiger partial charge on any atom is 0.338 e. The number of hydrogen-bond acceptors (Lipinski definition) is 8. The third-order valence-corrected chi connectivity index (χ3v) is 9.86. The van der Waals surface area contributed by atoms with Gasteiger partial charge < -0.3 is 34.6 Å². The maximum absolute atomic E-state index is 12.8. The summed E-state index contributed by atoms with van der Waals surface area (Å²) >= 11 is 3.33. The van der Waals surface area contributed by atoms with Gasteiger partial charge in [-0.3, -0.25) is 4.79 Å². The number of nitrogens with two attached hydrogens (primary N) is 1. The highest BCUT2D eigenvalue weighted by atomic mass is 79.9. The molecule has 0 saturated heterocycles. The average molecular weight is 744 g/mol. The number of aryl methyl sites for hydroxylation is 2. The van der Waals surface area contributed by atoms with Crippen LogP contribution in [-0.2, 0) is 29.5 Å². The maximum atomic E-state index is 12.8. The van der Waals surface area contributed by atoms with E-state index in [-0.39, 0.29) is 11.9 Å². The standard InChI is InChI=1S/C19H20N2O2.C11H13BrO3.C10H14N2/c1-20-9-3-4-13-10-15(6-8-18(13)20)21-12-14-5-7-16(23-2)11-17(14)19(21)22;1-3-15-11(13)10-6-9(14-2)5-4-8(10)7-12;1-12-6-2-3-8-7-9(11)4-5-10(8)12/h5-8,10-11H,3-4,9,12H2,1-2H3;4-6H,3,7H2,1-2H3;4-5,7H,2-3,6,11H2,1H3. The van der Waals surface area contributed by atoms with Gasteiger partial charge in [0.25, 0.3) is 5.91 Å². The molecule has 0 bridgehead atoms. The van der Waals surface area contributed by atoms with Crippen molar-refractivity contribution >= 4 is 50.6 Å². The summed E-state index contributed by atoms with van der Waals surface area (Å²) in [6.07, 6.45) is 4.66. The van der Waals surface area contributed by atoms with Crippen LogP contribution < -0.4 is 29.9 Å². The van der Waals surface area contributed by atoms with Crippen LogP contribution in [0.15, 0.2) is 72.8 Å². The highest BCUT2D eigenvalue weighted by Gasteiger charge is 2.29. The molecule has 1 amide bonds. The quantitative estimate of drug-likeness (QED) is 0.122. The minimum Gasteiger partial charge on any atom is -0.497 e. The monoisotopic (exact) mass is 742 g/mol. The van der Waals surface area contributed by atoms with Gasteiger partial charge in [-0.1, -0.05) is 28.1 Å². The van der Waals surface area contributed by atoms with Gasteiger partial charge in [-0.05, 0) is 116 Å². The van der Waals surface area contributed by atoms with Crippen molar-refractivity contribution in [3.8, 4) is 11.5 Å². The summed E-state index contributed by atoms with van der Waals surface area (Å²) in [4.78, 5) is 30.8. The van der Waals surface area contributed by atoms with Gasteiger partial charge in [-0.15, -0.1) is 0 Å². The number of fused-ring (bicyclic) bond motifs is 3. The van der Waals surface area contributed by atoms with Gasteiger partial charge in [0.1, 0.15) is 11.5 Å². The molecule has 4 aromatic rings. The van der Waals surface area contributed by atoms with Gasteiger partial charge >= 0.3 is 5.97 Å². The molecule has 3 heterocycles. The number of benzene rings is 4. The lowest BCUT2D eigenvalue weighted by molar-refractivity contribution is 0.0525. The molecular weight excluding hydrogens is 696 g/mol. The number of nitrogen functional groups attached to an aromatic ring is 1. The molecule has 3 aliphatic rings.